The maximum absolute atomic E-state index is 11.4. The zero-order chi connectivity index (χ0) is 16.9. The van der Waals surface area contributed by atoms with E-state index in [0.29, 0.717) is 18.5 Å². The molecule has 0 saturated heterocycles. The van der Waals surface area contributed by atoms with Gasteiger partial charge in [0.05, 0.1) is 6.61 Å². The van der Waals surface area contributed by atoms with Crippen LogP contribution >= 0.6 is 0 Å². The Labute approximate surface area is 141 Å². The standard InChI is InChI=1S/C17H21N5O2/c1-3-24-15(23)10-18-16-19-11-20-17(21-16)22-8-4-5-13-9-12(2)6-7-14(13)22/h6-7,9,11H,3-5,8,10H2,1-2H3,(H,18,19,20,21). The number of hydrogen-bond donors (Lipinski definition) is 1. The first-order valence-electron chi connectivity index (χ1n) is 8.13. The van der Waals surface area contributed by atoms with Gasteiger partial charge in [0.25, 0.3) is 0 Å². The fourth-order valence-electron chi connectivity index (χ4n) is 2.80. The predicted molar refractivity (Wildman–Crippen MR) is 91.5 cm³/mol. The van der Waals surface area contributed by atoms with Gasteiger partial charge in [0, 0.05) is 12.2 Å². The van der Waals surface area contributed by atoms with Crippen molar-refractivity contribution in [3.63, 3.8) is 0 Å². The summed E-state index contributed by atoms with van der Waals surface area (Å²) < 4.78 is 4.88. The van der Waals surface area contributed by atoms with Crippen molar-refractivity contribution in [2.24, 2.45) is 0 Å². The summed E-state index contributed by atoms with van der Waals surface area (Å²) in [6, 6.07) is 6.42. The first-order valence-corrected chi connectivity index (χ1v) is 8.13. The van der Waals surface area contributed by atoms with E-state index in [1.807, 2.05) is 0 Å². The molecule has 0 amide bonds. The third kappa shape index (κ3) is 3.61. The third-order valence-electron chi connectivity index (χ3n) is 3.85. The normalized spacial score (nSPS) is 13.3. The summed E-state index contributed by atoms with van der Waals surface area (Å²) in [6.07, 6.45) is 3.57. The van der Waals surface area contributed by atoms with Gasteiger partial charge in [0.15, 0.2) is 0 Å². The second-order valence-corrected chi connectivity index (χ2v) is 5.66. The Hall–Kier alpha value is -2.70. The van der Waals surface area contributed by atoms with Crippen LogP contribution in [0.2, 0.25) is 0 Å². The van der Waals surface area contributed by atoms with E-state index in [4.69, 9.17) is 4.74 Å². The fraction of sp³-hybridized carbons (Fsp3) is 0.412. The van der Waals surface area contributed by atoms with Crippen LogP contribution in [-0.4, -0.2) is 40.6 Å². The Bertz CT molecular complexity index is 735. The van der Waals surface area contributed by atoms with E-state index in [9.17, 15) is 4.79 Å². The van der Waals surface area contributed by atoms with Gasteiger partial charge in [-0.3, -0.25) is 4.79 Å². The minimum Gasteiger partial charge on any atom is -0.465 e. The summed E-state index contributed by atoms with van der Waals surface area (Å²) in [4.78, 5) is 26.3. The molecule has 0 saturated carbocycles. The highest BCUT2D eigenvalue weighted by Gasteiger charge is 2.20. The van der Waals surface area contributed by atoms with Crippen LogP contribution in [0.4, 0.5) is 17.6 Å². The molecule has 1 aliphatic rings. The highest BCUT2D eigenvalue weighted by Crippen LogP contribution is 2.32. The van der Waals surface area contributed by atoms with Crippen LogP contribution < -0.4 is 10.2 Å². The number of carbonyl (C=O) groups is 1. The second-order valence-electron chi connectivity index (χ2n) is 5.66. The molecule has 7 nitrogen and oxygen atoms in total. The number of nitrogens with one attached hydrogen (secondary N) is 1. The molecular weight excluding hydrogens is 306 g/mol. The van der Waals surface area contributed by atoms with E-state index in [1.54, 1.807) is 6.92 Å². The molecule has 1 N–H and O–H groups in total. The molecule has 7 heteroatoms. The number of carbonyl (C=O) groups excluding carboxylic acids is 1. The molecule has 126 valence electrons. The minimum absolute atomic E-state index is 0.0348. The van der Waals surface area contributed by atoms with Gasteiger partial charge in [-0.25, -0.2) is 9.97 Å². The molecular formula is C17H21N5O2. The number of benzene rings is 1. The molecule has 0 atom stereocenters. The number of fused-ring (bicyclic) bond motifs is 1. The van der Waals surface area contributed by atoms with Crippen molar-refractivity contribution < 1.29 is 9.53 Å². The number of rotatable bonds is 5. The van der Waals surface area contributed by atoms with Crippen molar-refractivity contribution in [3.8, 4) is 0 Å². The molecule has 0 spiro atoms. The number of aryl methyl sites for hydroxylation is 2. The Kier molecular flexibility index (Phi) is 4.88. The molecule has 2 heterocycles. The average molecular weight is 327 g/mol. The van der Waals surface area contributed by atoms with E-state index in [-0.39, 0.29) is 12.5 Å². The number of anilines is 3. The van der Waals surface area contributed by atoms with Crippen LogP contribution in [0.3, 0.4) is 0 Å². The second kappa shape index (κ2) is 7.25. The van der Waals surface area contributed by atoms with Crippen molar-refractivity contribution in [3.05, 3.63) is 35.7 Å². The van der Waals surface area contributed by atoms with Crippen LogP contribution in [0.1, 0.15) is 24.5 Å². The Morgan fingerprint density at radius 3 is 3.08 bits per heavy atom. The number of nitrogens with zero attached hydrogens (tertiary/aromatic N) is 4. The molecule has 1 aliphatic heterocycles. The van der Waals surface area contributed by atoms with Gasteiger partial charge in [0.1, 0.15) is 12.9 Å². The topological polar surface area (TPSA) is 80.2 Å². The van der Waals surface area contributed by atoms with Crippen molar-refractivity contribution in [1.29, 1.82) is 0 Å². The summed E-state index contributed by atoms with van der Waals surface area (Å²) in [5.74, 6) is 0.617. The van der Waals surface area contributed by atoms with Crippen LogP contribution in [0.25, 0.3) is 0 Å². The highest BCUT2D eigenvalue weighted by atomic mass is 16.5. The lowest BCUT2D eigenvalue weighted by Crippen LogP contribution is -2.27. The Morgan fingerprint density at radius 2 is 2.25 bits per heavy atom. The number of ether oxygens (including phenoxy) is 1. The zero-order valence-corrected chi connectivity index (χ0v) is 14.0. The van der Waals surface area contributed by atoms with E-state index < -0.39 is 0 Å². The lowest BCUT2D eigenvalue weighted by molar-refractivity contribution is -0.140. The van der Waals surface area contributed by atoms with Crippen LogP contribution in [0.15, 0.2) is 24.5 Å². The van der Waals surface area contributed by atoms with Crippen molar-refractivity contribution >= 4 is 23.6 Å². The zero-order valence-electron chi connectivity index (χ0n) is 14.0. The Morgan fingerprint density at radius 1 is 1.38 bits per heavy atom. The molecule has 2 aromatic rings. The van der Waals surface area contributed by atoms with Gasteiger partial charge in [-0.1, -0.05) is 17.7 Å². The van der Waals surface area contributed by atoms with Crippen LogP contribution in [-0.2, 0) is 16.0 Å². The molecule has 0 aliphatic carbocycles. The monoisotopic (exact) mass is 327 g/mol. The SMILES string of the molecule is CCOC(=O)CNc1ncnc(N2CCCc3cc(C)ccc32)n1. The van der Waals surface area contributed by atoms with E-state index in [2.05, 4.69) is 50.3 Å². The lowest BCUT2D eigenvalue weighted by atomic mass is 10.00. The molecule has 24 heavy (non-hydrogen) atoms. The third-order valence-corrected chi connectivity index (χ3v) is 3.85. The summed E-state index contributed by atoms with van der Waals surface area (Å²) in [5, 5.41) is 2.88. The maximum atomic E-state index is 11.4. The number of aromatic nitrogens is 3. The lowest BCUT2D eigenvalue weighted by Gasteiger charge is -2.29. The van der Waals surface area contributed by atoms with E-state index >= 15 is 0 Å². The Balaban J connectivity index is 1.79. The molecule has 0 fully saturated rings. The summed E-state index contributed by atoms with van der Waals surface area (Å²) in [5.41, 5.74) is 3.69. The average Bonchev–Trinajstić information content (AvgIpc) is 2.60. The largest absolute Gasteiger partial charge is 0.465 e. The molecule has 1 aromatic carbocycles. The van der Waals surface area contributed by atoms with E-state index in [0.717, 1.165) is 25.1 Å². The van der Waals surface area contributed by atoms with Gasteiger partial charge in [-0.05, 0) is 38.3 Å². The fourth-order valence-corrected chi connectivity index (χ4v) is 2.80. The minimum atomic E-state index is -0.335. The van der Waals surface area contributed by atoms with E-state index in [1.165, 1.54) is 17.5 Å². The first kappa shape index (κ1) is 16.2. The van der Waals surface area contributed by atoms with Crippen molar-refractivity contribution in [2.45, 2.75) is 26.7 Å². The van der Waals surface area contributed by atoms with Gasteiger partial charge in [-0.2, -0.15) is 4.98 Å². The van der Waals surface area contributed by atoms with Gasteiger partial charge >= 0.3 is 5.97 Å². The van der Waals surface area contributed by atoms with Crippen LogP contribution in [0, 0.1) is 6.92 Å². The molecule has 0 unspecified atom stereocenters. The summed E-state index contributed by atoms with van der Waals surface area (Å²) in [6.45, 7) is 5.12. The van der Waals surface area contributed by atoms with Crippen LogP contribution in [0.5, 0.6) is 0 Å². The summed E-state index contributed by atoms with van der Waals surface area (Å²) >= 11 is 0. The quantitative estimate of drug-likeness (QED) is 0.844. The number of hydrogen-bond acceptors (Lipinski definition) is 7. The van der Waals surface area contributed by atoms with Gasteiger partial charge < -0.3 is 15.0 Å². The van der Waals surface area contributed by atoms with Gasteiger partial charge in [0.2, 0.25) is 11.9 Å². The molecule has 3 rings (SSSR count). The molecule has 0 radical (unpaired) electrons. The predicted octanol–water partition coefficient (Wildman–Crippen LogP) is 2.24. The maximum Gasteiger partial charge on any atom is 0.325 e. The highest BCUT2D eigenvalue weighted by molar-refractivity contribution is 5.74. The van der Waals surface area contributed by atoms with Crippen molar-refractivity contribution in [1.82, 2.24) is 15.0 Å². The molecule has 1 aromatic heterocycles. The smallest absolute Gasteiger partial charge is 0.325 e. The summed E-state index contributed by atoms with van der Waals surface area (Å²) in [7, 11) is 0. The first-order chi connectivity index (χ1) is 11.7. The van der Waals surface area contributed by atoms with Crippen molar-refractivity contribution in [2.75, 3.05) is 29.9 Å². The number of esters is 1. The molecule has 0 bridgehead atoms. The van der Waals surface area contributed by atoms with Gasteiger partial charge in [-0.15, -0.1) is 0 Å².